The second-order valence-corrected chi connectivity index (χ2v) is 4.43. The number of hydrogen-bond acceptors (Lipinski definition) is 3. The van der Waals surface area contributed by atoms with Crippen molar-refractivity contribution in [3.8, 4) is 0 Å². The van der Waals surface area contributed by atoms with Gasteiger partial charge in [0.2, 0.25) is 0 Å². The predicted octanol–water partition coefficient (Wildman–Crippen LogP) is 2.03. The van der Waals surface area contributed by atoms with Crippen LogP contribution in [0.2, 0.25) is 0 Å². The van der Waals surface area contributed by atoms with Crippen LogP contribution in [0.15, 0.2) is 24.3 Å². The first-order valence-electron chi connectivity index (χ1n) is 6.47. The molecule has 1 rings (SSSR count). The fourth-order valence-electron chi connectivity index (χ4n) is 1.96. The van der Waals surface area contributed by atoms with E-state index in [0.717, 1.165) is 11.3 Å². The van der Waals surface area contributed by atoms with Gasteiger partial charge in [-0.1, -0.05) is 12.1 Å². The maximum atomic E-state index is 12.2. The smallest absolute Gasteiger partial charge is 0.322 e. The van der Waals surface area contributed by atoms with Crippen molar-refractivity contribution in [1.82, 2.24) is 4.90 Å². The molecule has 1 atom stereocenters. The van der Waals surface area contributed by atoms with E-state index in [-0.39, 0.29) is 12.1 Å². The number of amides is 2. The van der Waals surface area contributed by atoms with Gasteiger partial charge in [0.15, 0.2) is 0 Å². The monoisotopic (exact) mass is 265 g/mol. The molecule has 0 saturated carbocycles. The number of benzene rings is 1. The molecule has 3 N–H and O–H groups in total. The molecule has 2 amide bonds. The third-order valence-corrected chi connectivity index (χ3v) is 2.96. The van der Waals surface area contributed by atoms with E-state index in [1.807, 2.05) is 38.1 Å². The first-order valence-corrected chi connectivity index (χ1v) is 6.47. The highest BCUT2D eigenvalue weighted by molar-refractivity contribution is 5.89. The fourth-order valence-corrected chi connectivity index (χ4v) is 1.96. The van der Waals surface area contributed by atoms with Gasteiger partial charge in [0.1, 0.15) is 0 Å². The van der Waals surface area contributed by atoms with Crippen LogP contribution in [-0.2, 0) is 11.3 Å². The van der Waals surface area contributed by atoms with Crippen molar-refractivity contribution in [3.63, 3.8) is 0 Å². The lowest BCUT2D eigenvalue weighted by Gasteiger charge is -2.27. The summed E-state index contributed by atoms with van der Waals surface area (Å²) in [5.74, 6) is 0. The zero-order chi connectivity index (χ0) is 14.3. The lowest BCUT2D eigenvalue weighted by molar-refractivity contribution is 0.119. The lowest BCUT2D eigenvalue weighted by atomic mass is 10.2. The number of likely N-dealkylation sites (N-methyl/N-ethyl adjacent to an activating group) is 1. The molecule has 1 unspecified atom stereocenters. The summed E-state index contributed by atoms with van der Waals surface area (Å²) in [5.41, 5.74) is 7.34. The van der Waals surface area contributed by atoms with E-state index < -0.39 is 0 Å². The second kappa shape index (κ2) is 7.76. The van der Waals surface area contributed by atoms with Gasteiger partial charge >= 0.3 is 6.03 Å². The Morgan fingerprint density at radius 3 is 2.84 bits per heavy atom. The highest BCUT2D eigenvalue weighted by Gasteiger charge is 2.18. The van der Waals surface area contributed by atoms with Gasteiger partial charge in [-0.25, -0.2) is 4.79 Å². The van der Waals surface area contributed by atoms with Gasteiger partial charge in [-0.2, -0.15) is 0 Å². The number of hydrogen-bond donors (Lipinski definition) is 2. The largest absolute Gasteiger partial charge is 0.383 e. The first-order chi connectivity index (χ1) is 9.12. The minimum absolute atomic E-state index is 0.0349. The molecule has 0 aliphatic heterocycles. The van der Waals surface area contributed by atoms with Gasteiger partial charge in [0, 0.05) is 25.9 Å². The van der Waals surface area contributed by atoms with E-state index in [1.165, 1.54) is 0 Å². The summed E-state index contributed by atoms with van der Waals surface area (Å²) in [6.45, 7) is 5.52. The molecule has 0 bridgehead atoms. The van der Waals surface area contributed by atoms with Crippen molar-refractivity contribution in [2.24, 2.45) is 5.73 Å². The Labute approximate surface area is 114 Å². The van der Waals surface area contributed by atoms with E-state index in [0.29, 0.717) is 19.7 Å². The summed E-state index contributed by atoms with van der Waals surface area (Å²) < 4.78 is 5.09. The number of urea groups is 1. The molecule has 0 radical (unpaired) electrons. The van der Waals surface area contributed by atoms with E-state index in [4.69, 9.17) is 10.5 Å². The average molecular weight is 265 g/mol. The summed E-state index contributed by atoms with van der Waals surface area (Å²) in [5, 5.41) is 2.88. The maximum Gasteiger partial charge on any atom is 0.322 e. The maximum absolute atomic E-state index is 12.2. The molecule has 0 aliphatic rings. The molecule has 19 heavy (non-hydrogen) atoms. The van der Waals surface area contributed by atoms with Gasteiger partial charge in [-0.3, -0.25) is 0 Å². The first kappa shape index (κ1) is 15.5. The molecule has 106 valence electrons. The molecule has 0 aromatic heterocycles. The average Bonchev–Trinajstić information content (AvgIpc) is 2.40. The van der Waals surface area contributed by atoms with Crippen LogP contribution in [-0.4, -0.2) is 37.2 Å². The summed E-state index contributed by atoms with van der Waals surface area (Å²) in [6.07, 6.45) is 0. The number of carbonyl (C=O) groups is 1. The SMILES string of the molecule is CCN(C(=O)Nc1cccc(CN)c1)C(C)COC. The van der Waals surface area contributed by atoms with Crippen molar-refractivity contribution in [3.05, 3.63) is 29.8 Å². The molecule has 5 nitrogen and oxygen atoms in total. The molecule has 1 aromatic rings. The summed E-state index contributed by atoms with van der Waals surface area (Å²) in [6, 6.07) is 7.46. The van der Waals surface area contributed by atoms with Gasteiger partial charge < -0.3 is 20.7 Å². The Balaban J connectivity index is 2.70. The Hall–Kier alpha value is -1.59. The normalized spacial score (nSPS) is 12.0. The van der Waals surface area contributed by atoms with Crippen molar-refractivity contribution in [1.29, 1.82) is 0 Å². The molecule has 0 fully saturated rings. The van der Waals surface area contributed by atoms with Crippen LogP contribution >= 0.6 is 0 Å². The van der Waals surface area contributed by atoms with E-state index >= 15 is 0 Å². The second-order valence-electron chi connectivity index (χ2n) is 4.43. The molecule has 0 heterocycles. The molecule has 0 saturated heterocycles. The van der Waals surface area contributed by atoms with Crippen molar-refractivity contribution in [2.75, 3.05) is 25.6 Å². The number of rotatable bonds is 6. The zero-order valence-corrected chi connectivity index (χ0v) is 11.8. The minimum atomic E-state index is -0.124. The van der Waals surface area contributed by atoms with Crippen LogP contribution in [0.1, 0.15) is 19.4 Å². The van der Waals surface area contributed by atoms with Gasteiger partial charge in [-0.05, 0) is 31.5 Å². The van der Waals surface area contributed by atoms with Crippen LogP contribution in [0.5, 0.6) is 0 Å². The van der Waals surface area contributed by atoms with Crippen LogP contribution in [0.4, 0.5) is 10.5 Å². The van der Waals surface area contributed by atoms with E-state index in [9.17, 15) is 4.79 Å². The number of carbonyl (C=O) groups excluding carboxylic acids is 1. The molecule has 1 aromatic carbocycles. The summed E-state index contributed by atoms with van der Waals surface area (Å²) >= 11 is 0. The van der Waals surface area contributed by atoms with E-state index in [1.54, 1.807) is 12.0 Å². The molecular formula is C14H23N3O2. The van der Waals surface area contributed by atoms with Crippen molar-refractivity contribution < 1.29 is 9.53 Å². The Morgan fingerprint density at radius 1 is 1.53 bits per heavy atom. The third-order valence-electron chi connectivity index (χ3n) is 2.96. The molecule has 5 heteroatoms. The van der Waals surface area contributed by atoms with Gasteiger partial charge in [-0.15, -0.1) is 0 Å². The predicted molar refractivity (Wildman–Crippen MR) is 77.1 cm³/mol. The Kier molecular flexibility index (Phi) is 6.32. The third kappa shape index (κ3) is 4.54. The number of anilines is 1. The fraction of sp³-hybridized carbons (Fsp3) is 0.500. The molecular weight excluding hydrogens is 242 g/mol. The number of methoxy groups -OCH3 is 1. The van der Waals surface area contributed by atoms with Gasteiger partial charge in [0.25, 0.3) is 0 Å². The number of ether oxygens (including phenoxy) is 1. The van der Waals surface area contributed by atoms with Crippen LogP contribution in [0.25, 0.3) is 0 Å². The Morgan fingerprint density at radius 2 is 2.26 bits per heavy atom. The van der Waals surface area contributed by atoms with Gasteiger partial charge in [0.05, 0.1) is 12.6 Å². The highest BCUT2D eigenvalue weighted by Crippen LogP contribution is 2.12. The van der Waals surface area contributed by atoms with Crippen molar-refractivity contribution in [2.45, 2.75) is 26.4 Å². The quantitative estimate of drug-likeness (QED) is 0.827. The Bertz CT molecular complexity index is 409. The van der Waals surface area contributed by atoms with Crippen LogP contribution in [0.3, 0.4) is 0 Å². The number of nitrogens with two attached hydrogens (primary N) is 1. The highest BCUT2D eigenvalue weighted by atomic mass is 16.5. The summed E-state index contributed by atoms with van der Waals surface area (Å²) in [7, 11) is 1.63. The topological polar surface area (TPSA) is 67.6 Å². The minimum Gasteiger partial charge on any atom is -0.383 e. The summed E-state index contributed by atoms with van der Waals surface area (Å²) in [4.78, 5) is 13.9. The molecule has 0 aliphatic carbocycles. The number of nitrogens with zero attached hydrogens (tertiary/aromatic N) is 1. The van der Waals surface area contributed by atoms with Crippen LogP contribution in [0, 0.1) is 0 Å². The van der Waals surface area contributed by atoms with Crippen LogP contribution < -0.4 is 11.1 Å². The van der Waals surface area contributed by atoms with E-state index in [2.05, 4.69) is 5.32 Å². The zero-order valence-electron chi connectivity index (χ0n) is 11.8. The number of nitrogens with one attached hydrogen (secondary N) is 1. The standard InChI is InChI=1S/C14H23N3O2/c1-4-17(11(2)10-19-3)14(18)16-13-7-5-6-12(8-13)9-15/h5-8,11H,4,9-10,15H2,1-3H3,(H,16,18). The van der Waals surface area contributed by atoms with Crippen molar-refractivity contribution >= 4 is 11.7 Å². The lowest BCUT2D eigenvalue weighted by Crippen LogP contribution is -2.43. The molecule has 0 spiro atoms.